The number of anilines is 1. The number of benzene rings is 2. The van der Waals surface area contributed by atoms with Gasteiger partial charge < -0.3 is 9.64 Å². The minimum atomic E-state index is -0.532. The van der Waals surface area contributed by atoms with Crippen LogP contribution in [0.4, 0.5) is 5.69 Å². The van der Waals surface area contributed by atoms with Crippen LogP contribution in [0.15, 0.2) is 64.6 Å². The molecule has 0 radical (unpaired) electrons. The first-order valence-corrected chi connectivity index (χ1v) is 10.1. The number of carbonyl (C=O) groups is 2. The monoisotopic (exact) mass is 387 g/mol. The maximum Gasteiger partial charge on any atom is 0.347 e. The first-order valence-electron chi connectivity index (χ1n) is 9.27. The highest BCUT2D eigenvalue weighted by Crippen LogP contribution is 2.69. The Kier molecular flexibility index (Phi) is 2.77. The van der Waals surface area contributed by atoms with Crippen molar-refractivity contribution in [2.24, 2.45) is 0 Å². The zero-order valence-electron chi connectivity index (χ0n) is 15.7. The number of hydrogen-bond acceptors (Lipinski definition) is 5. The smallest absolute Gasteiger partial charge is 0.347 e. The molecule has 4 aliphatic rings. The summed E-state index contributed by atoms with van der Waals surface area (Å²) in [4.78, 5) is 29.1. The number of esters is 2. The van der Waals surface area contributed by atoms with E-state index in [1.165, 1.54) is 0 Å². The summed E-state index contributed by atoms with van der Waals surface area (Å²) < 4.78 is 4.72. The number of cyclic esters (lactones) is 2. The summed E-state index contributed by atoms with van der Waals surface area (Å²) in [5, 5.41) is 0. The second-order valence-corrected chi connectivity index (χ2v) is 9.42. The maximum absolute atomic E-state index is 12.9. The van der Waals surface area contributed by atoms with Crippen molar-refractivity contribution in [3.8, 4) is 0 Å². The molecule has 0 saturated carbocycles. The number of carbonyl (C=O) groups excluding carboxylic acids is 2. The lowest BCUT2D eigenvalue weighted by atomic mass is 9.65. The first kappa shape index (κ1) is 16.2. The number of ether oxygens (including phenoxy) is 1. The van der Waals surface area contributed by atoms with Crippen LogP contribution in [0, 0.1) is 0 Å². The molecule has 3 heterocycles. The molecule has 138 valence electrons. The lowest BCUT2D eigenvalue weighted by Gasteiger charge is -2.50. The predicted octanol–water partition coefficient (Wildman–Crippen LogP) is 4.06. The van der Waals surface area contributed by atoms with E-state index in [1.807, 2.05) is 36.4 Å². The number of para-hydroxylation sites is 1. The molecule has 0 spiro atoms. The van der Waals surface area contributed by atoms with Crippen molar-refractivity contribution in [1.29, 1.82) is 0 Å². The van der Waals surface area contributed by atoms with Gasteiger partial charge in [0.1, 0.15) is 0 Å². The molecule has 0 N–H and O–H groups in total. The molecular weight excluding hydrogens is 370 g/mol. The van der Waals surface area contributed by atoms with Crippen molar-refractivity contribution < 1.29 is 14.3 Å². The van der Waals surface area contributed by atoms with Crippen molar-refractivity contribution in [1.82, 2.24) is 0 Å². The van der Waals surface area contributed by atoms with E-state index < -0.39 is 22.2 Å². The molecule has 1 saturated heterocycles. The normalized spacial score (nSPS) is 29.5. The van der Waals surface area contributed by atoms with Crippen molar-refractivity contribution in [3.05, 3.63) is 70.8 Å². The van der Waals surface area contributed by atoms with Gasteiger partial charge in [0.15, 0.2) is 0 Å². The summed E-state index contributed by atoms with van der Waals surface area (Å²) in [7, 11) is 2.08. The van der Waals surface area contributed by atoms with E-state index in [4.69, 9.17) is 4.74 Å². The van der Waals surface area contributed by atoms with E-state index >= 15 is 0 Å². The molecule has 28 heavy (non-hydrogen) atoms. The number of hydrogen-bond donors (Lipinski definition) is 0. The quantitative estimate of drug-likeness (QED) is 0.504. The molecule has 0 aromatic heterocycles. The Bertz CT molecular complexity index is 1210. The van der Waals surface area contributed by atoms with E-state index in [-0.39, 0.29) is 0 Å². The van der Waals surface area contributed by atoms with Crippen molar-refractivity contribution in [2.45, 2.75) is 29.0 Å². The third-order valence-electron chi connectivity index (χ3n) is 6.91. The largest absolute Gasteiger partial charge is 0.386 e. The predicted molar refractivity (Wildman–Crippen MR) is 109 cm³/mol. The number of rotatable bonds is 0. The topological polar surface area (TPSA) is 46.6 Å². The van der Waals surface area contributed by atoms with Gasteiger partial charge in [0.2, 0.25) is 0 Å². The fourth-order valence-electron chi connectivity index (χ4n) is 5.44. The Labute approximate surface area is 166 Å². The molecule has 6 rings (SSSR count). The summed E-state index contributed by atoms with van der Waals surface area (Å²) in [5.41, 5.74) is 5.31. The van der Waals surface area contributed by atoms with Crippen LogP contribution in [0.2, 0.25) is 0 Å². The summed E-state index contributed by atoms with van der Waals surface area (Å²) in [6, 6.07) is 16.2. The highest BCUT2D eigenvalue weighted by Gasteiger charge is 2.66. The third kappa shape index (κ3) is 1.51. The molecule has 0 unspecified atom stereocenters. The molecule has 0 bridgehead atoms. The van der Waals surface area contributed by atoms with Gasteiger partial charge in [-0.25, -0.2) is 9.59 Å². The number of fused-ring (bicyclic) bond motifs is 8. The average Bonchev–Trinajstić information content (AvgIpc) is 3.23. The fraction of sp³-hybridized carbons (Fsp3) is 0.217. The van der Waals surface area contributed by atoms with Gasteiger partial charge in [-0.2, -0.15) is 0 Å². The number of likely N-dealkylation sites (N-methyl/N-ethyl adjacent to an activating group) is 1. The molecular formula is C23H17NO3S. The maximum atomic E-state index is 12.9. The number of nitrogens with zero attached hydrogens (tertiary/aromatic N) is 1. The van der Waals surface area contributed by atoms with Gasteiger partial charge in [-0.3, -0.25) is 0 Å². The first-order chi connectivity index (χ1) is 13.4. The second-order valence-electron chi connectivity index (χ2n) is 7.96. The molecule has 1 fully saturated rings. The highest BCUT2D eigenvalue weighted by atomic mass is 32.2. The molecule has 2 aromatic rings. The van der Waals surface area contributed by atoms with E-state index in [0.29, 0.717) is 11.1 Å². The second kappa shape index (κ2) is 4.78. The molecule has 4 nitrogen and oxygen atoms in total. The minimum Gasteiger partial charge on any atom is -0.386 e. The van der Waals surface area contributed by atoms with E-state index in [2.05, 4.69) is 37.9 Å². The van der Waals surface area contributed by atoms with Gasteiger partial charge in [-0.15, -0.1) is 11.8 Å². The van der Waals surface area contributed by atoms with Gasteiger partial charge in [0, 0.05) is 28.8 Å². The lowest BCUT2D eigenvalue weighted by Crippen LogP contribution is -2.58. The lowest BCUT2D eigenvalue weighted by molar-refractivity contribution is -0.149. The molecule has 5 heteroatoms. The van der Waals surface area contributed by atoms with Crippen molar-refractivity contribution >= 4 is 40.5 Å². The Balaban J connectivity index is 1.82. The summed E-state index contributed by atoms with van der Waals surface area (Å²) >= 11 is 1.77. The van der Waals surface area contributed by atoms with Gasteiger partial charge in [-0.05, 0) is 37.1 Å². The van der Waals surface area contributed by atoms with Crippen LogP contribution in [0.1, 0.15) is 25.0 Å². The Morgan fingerprint density at radius 2 is 1.46 bits per heavy atom. The Morgan fingerprint density at radius 1 is 0.857 bits per heavy atom. The van der Waals surface area contributed by atoms with E-state index in [1.54, 1.807) is 11.8 Å². The van der Waals surface area contributed by atoms with Gasteiger partial charge >= 0.3 is 11.9 Å². The van der Waals surface area contributed by atoms with Gasteiger partial charge in [-0.1, -0.05) is 36.4 Å². The summed E-state index contributed by atoms with van der Waals surface area (Å²) in [6.07, 6.45) is 0. The summed E-state index contributed by atoms with van der Waals surface area (Å²) in [5.74, 6) is -1.06. The van der Waals surface area contributed by atoms with Crippen molar-refractivity contribution in [2.75, 3.05) is 11.9 Å². The molecule has 0 amide bonds. The minimum absolute atomic E-state index is 0.439. The van der Waals surface area contributed by atoms with E-state index in [0.717, 1.165) is 32.9 Å². The molecule has 2 aromatic carbocycles. The SMILES string of the molecule is CN1c2ccccc2C2=C3C(=O)OC(=O)C3=C3c4ccccc4S[C@@]3(C)[C@@]21C. The van der Waals surface area contributed by atoms with Crippen molar-refractivity contribution in [3.63, 3.8) is 0 Å². The number of thioether (sulfide) groups is 1. The van der Waals surface area contributed by atoms with Crippen LogP contribution in [0.5, 0.6) is 0 Å². The molecule has 2 atom stereocenters. The fourth-order valence-corrected chi connectivity index (χ4v) is 7.05. The Hall–Kier alpha value is -2.79. The van der Waals surface area contributed by atoms with Crippen LogP contribution in [0.25, 0.3) is 11.1 Å². The third-order valence-corrected chi connectivity index (χ3v) is 8.50. The summed E-state index contributed by atoms with van der Waals surface area (Å²) in [6.45, 7) is 4.37. The van der Waals surface area contributed by atoms with E-state index in [9.17, 15) is 9.59 Å². The van der Waals surface area contributed by atoms with Gasteiger partial charge in [0.25, 0.3) is 0 Å². The van der Waals surface area contributed by atoms with Crippen LogP contribution in [-0.2, 0) is 14.3 Å². The van der Waals surface area contributed by atoms with Gasteiger partial charge in [0.05, 0.1) is 21.4 Å². The van der Waals surface area contributed by atoms with Crippen LogP contribution >= 0.6 is 11.8 Å². The van der Waals surface area contributed by atoms with Crippen LogP contribution < -0.4 is 4.90 Å². The zero-order valence-corrected chi connectivity index (χ0v) is 16.5. The molecule has 1 aliphatic carbocycles. The standard InChI is InChI=1S/C23H17NO3S/c1-22-18(12-8-4-6-10-14(12)24(22)3)16-17(21(26)27-20(16)25)19-13-9-5-7-11-15(13)28-23(19,22)2/h4-11H,1-3H3/t22-,23-/m1/s1. The average molecular weight is 387 g/mol. The molecule has 3 aliphatic heterocycles. The van der Waals surface area contributed by atoms with Crippen LogP contribution in [0.3, 0.4) is 0 Å². The zero-order chi connectivity index (χ0) is 19.4. The Morgan fingerprint density at radius 3 is 2.21 bits per heavy atom. The van der Waals surface area contributed by atoms with Crippen LogP contribution in [-0.4, -0.2) is 29.3 Å². The highest BCUT2D eigenvalue weighted by molar-refractivity contribution is 8.01.